The van der Waals surface area contributed by atoms with Crippen LogP contribution < -0.4 is 10.0 Å². The standard InChI is InChI=1S/C12H16N2O6S/c1-19-11(15)7-14(8-12(16)20-2)9-5-3-4-6-10(9)21(13,17)18/h3-6H,7-8H2,1-2H3,(H2,13,17,18). The lowest BCUT2D eigenvalue weighted by atomic mass is 10.3. The molecule has 1 aromatic carbocycles. The van der Waals surface area contributed by atoms with E-state index in [1.54, 1.807) is 6.07 Å². The number of primary sulfonamides is 1. The molecule has 0 atom stereocenters. The SMILES string of the molecule is COC(=O)CN(CC(=O)OC)c1ccccc1S(N)(=O)=O. The largest absolute Gasteiger partial charge is 0.468 e. The van der Waals surface area contributed by atoms with Crippen LogP contribution >= 0.6 is 0 Å². The van der Waals surface area contributed by atoms with Crippen LogP contribution in [0.1, 0.15) is 0 Å². The maximum absolute atomic E-state index is 11.6. The maximum atomic E-state index is 11.6. The first-order valence-corrected chi connectivity index (χ1v) is 7.34. The lowest BCUT2D eigenvalue weighted by Crippen LogP contribution is -2.36. The van der Waals surface area contributed by atoms with E-state index in [1.165, 1.54) is 37.3 Å². The van der Waals surface area contributed by atoms with E-state index in [2.05, 4.69) is 9.47 Å². The molecule has 1 rings (SSSR count). The van der Waals surface area contributed by atoms with E-state index in [9.17, 15) is 18.0 Å². The lowest BCUT2D eigenvalue weighted by Gasteiger charge is -2.24. The first-order chi connectivity index (χ1) is 9.79. The third kappa shape index (κ3) is 4.72. The first kappa shape index (κ1) is 16.9. The minimum Gasteiger partial charge on any atom is -0.468 e. The number of nitrogens with zero attached hydrogens (tertiary/aromatic N) is 1. The van der Waals surface area contributed by atoms with Crippen LogP contribution in [-0.2, 0) is 29.1 Å². The van der Waals surface area contributed by atoms with Gasteiger partial charge in [0.1, 0.15) is 18.0 Å². The van der Waals surface area contributed by atoms with Crippen molar-refractivity contribution in [1.29, 1.82) is 0 Å². The van der Waals surface area contributed by atoms with E-state index in [-0.39, 0.29) is 23.7 Å². The third-order valence-corrected chi connectivity index (χ3v) is 3.57. The number of hydrogen-bond acceptors (Lipinski definition) is 7. The Kier molecular flexibility index (Phi) is 5.68. The molecule has 0 aliphatic rings. The number of sulfonamides is 1. The van der Waals surface area contributed by atoms with Gasteiger partial charge in [0.15, 0.2) is 0 Å². The summed E-state index contributed by atoms with van der Waals surface area (Å²) in [5.41, 5.74) is 0.121. The highest BCUT2D eigenvalue weighted by atomic mass is 32.2. The number of esters is 2. The number of carbonyl (C=O) groups excluding carboxylic acids is 2. The molecule has 0 radical (unpaired) electrons. The number of para-hydroxylation sites is 1. The summed E-state index contributed by atoms with van der Waals surface area (Å²) in [6.45, 7) is -0.643. The van der Waals surface area contributed by atoms with Gasteiger partial charge in [-0.2, -0.15) is 0 Å². The van der Waals surface area contributed by atoms with Gasteiger partial charge in [-0.3, -0.25) is 9.59 Å². The quantitative estimate of drug-likeness (QED) is 0.702. The van der Waals surface area contributed by atoms with Gasteiger partial charge in [-0.1, -0.05) is 12.1 Å². The van der Waals surface area contributed by atoms with Crippen molar-refractivity contribution in [3.8, 4) is 0 Å². The van der Waals surface area contributed by atoms with Gasteiger partial charge in [-0.05, 0) is 12.1 Å². The Morgan fingerprint density at radius 2 is 1.57 bits per heavy atom. The molecule has 8 nitrogen and oxygen atoms in total. The average molecular weight is 316 g/mol. The van der Waals surface area contributed by atoms with E-state index in [1.807, 2.05) is 0 Å². The molecule has 9 heteroatoms. The summed E-state index contributed by atoms with van der Waals surface area (Å²) >= 11 is 0. The fourth-order valence-electron chi connectivity index (χ4n) is 1.63. The highest BCUT2D eigenvalue weighted by molar-refractivity contribution is 7.89. The van der Waals surface area contributed by atoms with Crippen LogP contribution in [0, 0.1) is 0 Å². The predicted octanol–water partition coefficient (Wildman–Crippen LogP) is -0.514. The summed E-state index contributed by atoms with van der Waals surface area (Å²) < 4.78 is 32.2. The van der Waals surface area contributed by atoms with E-state index >= 15 is 0 Å². The summed E-state index contributed by atoms with van der Waals surface area (Å²) in [5.74, 6) is -1.27. The predicted molar refractivity (Wildman–Crippen MR) is 74.1 cm³/mol. The Morgan fingerprint density at radius 3 is 2.00 bits per heavy atom. The van der Waals surface area contributed by atoms with Gasteiger partial charge in [-0.25, -0.2) is 13.6 Å². The minimum absolute atomic E-state index is 0.121. The van der Waals surface area contributed by atoms with Crippen molar-refractivity contribution >= 4 is 27.6 Å². The van der Waals surface area contributed by atoms with Gasteiger partial charge in [0.2, 0.25) is 10.0 Å². The zero-order chi connectivity index (χ0) is 16.0. The van der Waals surface area contributed by atoms with Crippen LogP contribution in [-0.4, -0.2) is 47.7 Å². The topological polar surface area (TPSA) is 116 Å². The average Bonchev–Trinajstić information content (AvgIpc) is 2.45. The van der Waals surface area contributed by atoms with Crippen molar-refractivity contribution in [3.63, 3.8) is 0 Å². The Bertz CT molecular complexity index is 610. The summed E-state index contributed by atoms with van der Waals surface area (Å²) in [6.07, 6.45) is 0. The van der Waals surface area contributed by atoms with Crippen molar-refractivity contribution in [1.82, 2.24) is 0 Å². The third-order valence-electron chi connectivity index (χ3n) is 2.61. The summed E-state index contributed by atoms with van der Waals surface area (Å²) in [7, 11) is -1.64. The van der Waals surface area contributed by atoms with Crippen LogP contribution in [0.5, 0.6) is 0 Å². The number of nitrogens with two attached hydrogens (primary N) is 1. The number of benzene rings is 1. The van der Waals surface area contributed by atoms with E-state index in [0.29, 0.717) is 0 Å². The van der Waals surface area contributed by atoms with E-state index < -0.39 is 22.0 Å². The van der Waals surface area contributed by atoms with Crippen molar-refractivity contribution in [2.45, 2.75) is 4.90 Å². The molecule has 0 fully saturated rings. The normalized spacial score (nSPS) is 10.8. The molecule has 0 bridgehead atoms. The number of methoxy groups -OCH3 is 2. The van der Waals surface area contributed by atoms with Crippen LogP contribution in [0.4, 0.5) is 5.69 Å². The van der Waals surface area contributed by atoms with Crippen LogP contribution in [0.2, 0.25) is 0 Å². The Labute approximate surface area is 122 Å². The molecule has 21 heavy (non-hydrogen) atoms. The molecule has 116 valence electrons. The summed E-state index contributed by atoms with van der Waals surface area (Å²) in [5, 5.41) is 5.14. The molecular formula is C12H16N2O6S. The highest BCUT2D eigenvalue weighted by Crippen LogP contribution is 2.23. The van der Waals surface area contributed by atoms with Crippen molar-refractivity contribution in [2.75, 3.05) is 32.2 Å². The second-order valence-electron chi connectivity index (χ2n) is 4.02. The van der Waals surface area contributed by atoms with Gasteiger partial charge in [0.25, 0.3) is 0 Å². The zero-order valence-corrected chi connectivity index (χ0v) is 12.4. The number of anilines is 1. The monoisotopic (exact) mass is 316 g/mol. The van der Waals surface area contributed by atoms with Crippen LogP contribution in [0.25, 0.3) is 0 Å². The van der Waals surface area contributed by atoms with Crippen molar-refractivity contribution < 1.29 is 27.5 Å². The van der Waals surface area contributed by atoms with Crippen LogP contribution in [0.3, 0.4) is 0 Å². The molecule has 0 aliphatic carbocycles. The zero-order valence-electron chi connectivity index (χ0n) is 11.6. The lowest BCUT2D eigenvalue weighted by molar-refractivity contribution is -0.140. The van der Waals surface area contributed by atoms with Gasteiger partial charge in [0.05, 0.1) is 19.9 Å². The molecule has 0 aliphatic heterocycles. The molecule has 0 heterocycles. The molecule has 1 aromatic rings. The molecule has 0 spiro atoms. The highest BCUT2D eigenvalue weighted by Gasteiger charge is 2.22. The van der Waals surface area contributed by atoms with Crippen molar-refractivity contribution in [2.24, 2.45) is 5.14 Å². The van der Waals surface area contributed by atoms with Gasteiger partial charge in [-0.15, -0.1) is 0 Å². The van der Waals surface area contributed by atoms with Crippen molar-refractivity contribution in [3.05, 3.63) is 24.3 Å². The van der Waals surface area contributed by atoms with Gasteiger partial charge >= 0.3 is 11.9 Å². The molecule has 0 saturated heterocycles. The van der Waals surface area contributed by atoms with Crippen LogP contribution in [0.15, 0.2) is 29.2 Å². The second kappa shape index (κ2) is 7.04. The molecule has 0 unspecified atom stereocenters. The molecule has 0 saturated carbocycles. The fraction of sp³-hybridized carbons (Fsp3) is 0.333. The second-order valence-corrected chi connectivity index (χ2v) is 5.55. The fourth-order valence-corrected chi connectivity index (χ4v) is 2.38. The van der Waals surface area contributed by atoms with Gasteiger partial charge in [0, 0.05) is 0 Å². The molecular weight excluding hydrogens is 300 g/mol. The molecule has 0 amide bonds. The number of carbonyl (C=O) groups is 2. The Balaban J connectivity index is 3.25. The van der Waals surface area contributed by atoms with Gasteiger partial charge < -0.3 is 14.4 Å². The number of hydrogen-bond donors (Lipinski definition) is 1. The Morgan fingerprint density at radius 1 is 1.10 bits per heavy atom. The van der Waals surface area contributed by atoms with E-state index in [0.717, 1.165) is 0 Å². The number of ether oxygens (including phenoxy) is 2. The Hall–Kier alpha value is -2.13. The maximum Gasteiger partial charge on any atom is 0.325 e. The number of rotatable bonds is 6. The summed E-state index contributed by atoms with van der Waals surface area (Å²) in [6, 6.07) is 5.77. The minimum atomic E-state index is -4.01. The molecule has 0 aromatic heterocycles. The smallest absolute Gasteiger partial charge is 0.325 e. The summed E-state index contributed by atoms with van der Waals surface area (Å²) in [4.78, 5) is 23.9. The molecule has 2 N–H and O–H groups in total. The van der Waals surface area contributed by atoms with E-state index in [4.69, 9.17) is 5.14 Å². The first-order valence-electron chi connectivity index (χ1n) is 5.80.